The van der Waals surface area contributed by atoms with Gasteiger partial charge in [0.05, 0.1) is 18.6 Å². The highest BCUT2D eigenvalue weighted by Gasteiger charge is 2.33. The third kappa shape index (κ3) is 4.19. The molecular formula is C16H28N2O3. The van der Waals surface area contributed by atoms with Gasteiger partial charge in [-0.2, -0.15) is 0 Å². The average molecular weight is 296 g/mol. The lowest BCUT2D eigenvalue weighted by Crippen LogP contribution is -2.52. The average Bonchev–Trinajstić information content (AvgIpc) is 2.54. The fourth-order valence-corrected chi connectivity index (χ4v) is 3.35. The van der Waals surface area contributed by atoms with E-state index in [1.165, 1.54) is 6.42 Å². The summed E-state index contributed by atoms with van der Waals surface area (Å²) < 4.78 is 5.13. The highest BCUT2D eigenvalue weighted by atomic mass is 16.5. The molecule has 0 N–H and O–H groups in total. The molecule has 0 spiro atoms. The molecule has 0 aromatic carbocycles. The maximum atomic E-state index is 12.6. The van der Waals surface area contributed by atoms with Crippen LogP contribution in [0, 0.1) is 5.92 Å². The number of hydrogen-bond acceptors (Lipinski definition) is 4. The van der Waals surface area contributed by atoms with Crippen LogP contribution in [0.15, 0.2) is 0 Å². The van der Waals surface area contributed by atoms with Gasteiger partial charge in [0, 0.05) is 19.6 Å². The van der Waals surface area contributed by atoms with Crippen molar-refractivity contribution < 1.29 is 14.3 Å². The number of carbonyl (C=O) groups is 2. The van der Waals surface area contributed by atoms with Crippen molar-refractivity contribution in [3.63, 3.8) is 0 Å². The quantitative estimate of drug-likeness (QED) is 0.740. The molecule has 2 atom stereocenters. The standard InChI is InChI=1S/C16H28N2O3/c1-3-21-16(20)14-8-7-11-18(12-14)13(2)15(19)17-9-5-4-6-10-17/h13-14H,3-12H2,1-2H3. The van der Waals surface area contributed by atoms with E-state index in [4.69, 9.17) is 4.74 Å². The lowest BCUT2D eigenvalue weighted by atomic mass is 9.96. The van der Waals surface area contributed by atoms with Gasteiger partial charge in [-0.25, -0.2) is 0 Å². The normalized spacial score (nSPS) is 25.4. The zero-order chi connectivity index (χ0) is 15.2. The molecule has 2 aliphatic rings. The highest BCUT2D eigenvalue weighted by molar-refractivity contribution is 5.81. The molecule has 2 fully saturated rings. The molecule has 2 unspecified atom stereocenters. The number of piperidine rings is 2. The monoisotopic (exact) mass is 296 g/mol. The van der Waals surface area contributed by atoms with Crippen LogP contribution >= 0.6 is 0 Å². The zero-order valence-electron chi connectivity index (χ0n) is 13.3. The van der Waals surface area contributed by atoms with Gasteiger partial charge in [0.25, 0.3) is 0 Å². The molecule has 0 saturated carbocycles. The minimum absolute atomic E-state index is 0.0738. The summed E-state index contributed by atoms with van der Waals surface area (Å²) >= 11 is 0. The molecule has 0 radical (unpaired) electrons. The van der Waals surface area contributed by atoms with Gasteiger partial charge < -0.3 is 9.64 Å². The van der Waals surface area contributed by atoms with E-state index >= 15 is 0 Å². The topological polar surface area (TPSA) is 49.9 Å². The van der Waals surface area contributed by atoms with Gasteiger partial charge in [-0.1, -0.05) is 0 Å². The molecule has 0 aliphatic carbocycles. The maximum Gasteiger partial charge on any atom is 0.310 e. The van der Waals surface area contributed by atoms with Crippen LogP contribution in [0.2, 0.25) is 0 Å². The van der Waals surface area contributed by atoms with Gasteiger partial charge in [-0.15, -0.1) is 0 Å². The Labute approximate surface area is 127 Å². The molecule has 21 heavy (non-hydrogen) atoms. The number of rotatable bonds is 4. The second-order valence-corrected chi connectivity index (χ2v) is 6.15. The van der Waals surface area contributed by atoms with Crippen molar-refractivity contribution in [2.45, 2.75) is 52.0 Å². The molecule has 120 valence electrons. The summed E-state index contributed by atoms with van der Waals surface area (Å²) in [4.78, 5) is 28.6. The van der Waals surface area contributed by atoms with Gasteiger partial charge >= 0.3 is 5.97 Å². The second-order valence-electron chi connectivity index (χ2n) is 6.15. The predicted molar refractivity (Wildman–Crippen MR) is 80.8 cm³/mol. The SMILES string of the molecule is CCOC(=O)C1CCCN(C(C)C(=O)N2CCCCC2)C1. The Morgan fingerprint density at radius 2 is 1.86 bits per heavy atom. The Morgan fingerprint density at radius 1 is 1.14 bits per heavy atom. The van der Waals surface area contributed by atoms with Crippen LogP contribution in [0.1, 0.15) is 46.0 Å². The predicted octanol–water partition coefficient (Wildman–Crippen LogP) is 1.66. The van der Waals surface area contributed by atoms with E-state index in [-0.39, 0.29) is 23.8 Å². The van der Waals surface area contributed by atoms with E-state index in [9.17, 15) is 9.59 Å². The molecule has 2 rings (SSSR count). The summed E-state index contributed by atoms with van der Waals surface area (Å²) in [6.45, 7) is 7.57. The Kier molecular flexibility index (Phi) is 6.03. The van der Waals surface area contributed by atoms with Crippen molar-refractivity contribution in [3.05, 3.63) is 0 Å². The van der Waals surface area contributed by atoms with Crippen LogP contribution in [0.3, 0.4) is 0 Å². The van der Waals surface area contributed by atoms with Crippen LogP contribution in [0.4, 0.5) is 0 Å². The van der Waals surface area contributed by atoms with Crippen LogP contribution in [0.5, 0.6) is 0 Å². The van der Waals surface area contributed by atoms with Crippen molar-refractivity contribution in [1.82, 2.24) is 9.80 Å². The molecule has 0 aromatic rings. The Bertz CT molecular complexity index is 367. The number of amides is 1. The van der Waals surface area contributed by atoms with E-state index in [0.717, 1.165) is 45.3 Å². The van der Waals surface area contributed by atoms with Crippen LogP contribution in [-0.4, -0.2) is 60.5 Å². The van der Waals surface area contributed by atoms with Crippen molar-refractivity contribution >= 4 is 11.9 Å². The smallest absolute Gasteiger partial charge is 0.310 e. The Hall–Kier alpha value is -1.10. The van der Waals surface area contributed by atoms with E-state index in [1.807, 2.05) is 18.7 Å². The molecule has 2 saturated heterocycles. The van der Waals surface area contributed by atoms with Crippen LogP contribution in [-0.2, 0) is 14.3 Å². The first-order valence-electron chi connectivity index (χ1n) is 8.33. The van der Waals surface area contributed by atoms with E-state index in [2.05, 4.69) is 4.90 Å². The molecule has 5 nitrogen and oxygen atoms in total. The molecule has 0 bridgehead atoms. The molecule has 0 aromatic heterocycles. The number of nitrogens with zero attached hydrogens (tertiary/aromatic N) is 2. The number of hydrogen-bond donors (Lipinski definition) is 0. The molecular weight excluding hydrogens is 268 g/mol. The van der Waals surface area contributed by atoms with Gasteiger partial charge in [-0.05, 0) is 52.5 Å². The summed E-state index contributed by atoms with van der Waals surface area (Å²) in [6, 6.07) is -0.125. The summed E-state index contributed by atoms with van der Waals surface area (Å²) in [5, 5.41) is 0. The molecule has 5 heteroatoms. The Morgan fingerprint density at radius 3 is 2.52 bits per heavy atom. The lowest BCUT2D eigenvalue weighted by Gasteiger charge is -2.38. The molecule has 1 amide bonds. The minimum atomic E-state index is -0.125. The molecule has 2 aliphatic heterocycles. The third-order valence-corrected chi connectivity index (χ3v) is 4.65. The van der Waals surface area contributed by atoms with E-state index in [1.54, 1.807) is 0 Å². The first kappa shape index (κ1) is 16.3. The van der Waals surface area contributed by atoms with Crippen molar-refractivity contribution in [2.75, 3.05) is 32.8 Å². The van der Waals surface area contributed by atoms with Crippen LogP contribution in [0.25, 0.3) is 0 Å². The number of carbonyl (C=O) groups excluding carboxylic acids is 2. The van der Waals surface area contributed by atoms with Crippen molar-refractivity contribution in [1.29, 1.82) is 0 Å². The van der Waals surface area contributed by atoms with Gasteiger partial charge in [0.1, 0.15) is 0 Å². The van der Waals surface area contributed by atoms with Crippen molar-refractivity contribution in [2.24, 2.45) is 5.92 Å². The summed E-state index contributed by atoms with van der Waals surface area (Å²) in [6.07, 6.45) is 5.29. The first-order valence-corrected chi connectivity index (χ1v) is 8.33. The summed E-state index contributed by atoms with van der Waals surface area (Å²) in [5.41, 5.74) is 0. The highest BCUT2D eigenvalue weighted by Crippen LogP contribution is 2.21. The number of esters is 1. The van der Waals surface area contributed by atoms with Gasteiger partial charge in [0.2, 0.25) is 5.91 Å². The Balaban J connectivity index is 1.90. The van der Waals surface area contributed by atoms with E-state index < -0.39 is 0 Å². The second kappa shape index (κ2) is 7.78. The summed E-state index contributed by atoms with van der Waals surface area (Å²) in [5.74, 6) is 0.0364. The largest absolute Gasteiger partial charge is 0.466 e. The zero-order valence-corrected chi connectivity index (χ0v) is 13.3. The third-order valence-electron chi connectivity index (χ3n) is 4.65. The van der Waals surface area contributed by atoms with Gasteiger partial charge in [0.15, 0.2) is 0 Å². The minimum Gasteiger partial charge on any atom is -0.466 e. The van der Waals surface area contributed by atoms with E-state index in [0.29, 0.717) is 13.2 Å². The summed E-state index contributed by atoms with van der Waals surface area (Å²) in [7, 11) is 0. The molecule has 2 heterocycles. The van der Waals surface area contributed by atoms with Gasteiger partial charge in [-0.3, -0.25) is 14.5 Å². The van der Waals surface area contributed by atoms with Crippen LogP contribution < -0.4 is 0 Å². The number of likely N-dealkylation sites (tertiary alicyclic amines) is 2. The fraction of sp³-hybridized carbons (Fsp3) is 0.875. The fourth-order valence-electron chi connectivity index (χ4n) is 3.35. The van der Waals surface area contributed by atoms with Crippen molar-refractivity contribution in [3.8, 4) is 0 Å². The number of ether oxygens (including phenoxy) is 1. The lowest BCUT2D eigenvalue weighted by molar-refractivity contribution is -0.151. The first-order chi connectivity index (χ1) is 10.1. The maximum absolute atomic E-state index is 12.6.